The molecule has 2 aliphatic rings. The largest absolute Gasteiger partial charge is 0.417 e. The molecule has 7 nitrogen and oxygen atoms in total. The van der Waals surface area contributed by atoms with Gasteiger partial charge in [-0.15, -0.1) is 0 Å². The van der Waals surface area contributed by atoms with Crippen LogP contribution in [0, 0.1) is 0 Å². The Morgan fingerprint density at radius 1 is 1.16 bits per heavy atom. The summed E-state index contributed by atoms with van der Waals surface area (Å²) >= 11 is 6.04. The molecule has 2 amide bonds. The second-order valence-electron chi connectivity index (χ2n) is 7.34. The van der Waals surface area contributed by atoms with Gasteiger partial charge in [-0.1, -0.05) is 23.7 Å². The maximum atomic E-state index is 12.9. The van der Waals surface area contributed by atoms with E-state index >= 15 is 0 Å². The molecule has 1 fully saturated rings. The van der Waals surface area contributed by atoms with E-state index in [4.69, 9.17) is 11.6 Å². The fourth-order valence-electron chi connectivity index (χ4n) is 3.67. The van der Waals surface area contributed by atoms with E-state index in [1.54, 1.807) is 29.2 Å². The van der Waals surface area contributed by atoms with Crippen LogP contribution in [0.4, 0.5) is 30.4 Å². The number of nitrogens with one attached hydrogen (secondary N) is 1. The summed E-state index contributed by atoms with van der Waals surface area (Å²) in [7, 11) is 0. The number of fused-ring (bicyclic) bond motifs is 1. The summed E-state index contributed by atoms with van der Waals surface area (Å²) in [4.78, 5) is 33.9. The number of nitrogens with zero attached hydrogens (tertiary/aromatic N) is 4. The molecule has 2 aromatic rings. The van der Waals surface area contributed by atoms with E-state index in [0.717, 1.165) is 12.3 Å². The normalized spacial score (nSPS) is 17.4. The number of halogens is 4. The number of rotatable bonds is 3. The molecule has 0 aliphatic carbocycles. The van der Waals surface area contributed by atoms with Crippen molar-refractivity contribution in [1.29, 1.82) is 0 Å². The number of aromatic nitrogens is 1. The second-order valence-corrected chi connectivity index (χ2v) is 7.74. The summed E-state index contributed by atoms with van der Waals surface area (Å²) < 4.78 is 38.4. The summed E-state index contributed by atoms with van der Waals surface area (Å²) in [6.07, 6.45) is -3.73. The van der Waals surface area contributed by atoms with E-state index in [0.29, 0.717) is 43.4 Å². The maximum absolute atomic E-state index is 12.9. The van der Waals surface area contributed by atoms with E-state index < -0.39 is 11.7 Å². The highest BCUT2D eigenvalue weighted by Crippen LogP contribution is 2.34. The lowest BCUT2D eigenvalue weighted by atomic mass is 10.2. The molecule has 0 unspecified atom stereocenters. The lowest BCUT2D eigenvalue weighted by Gasteiger charge is -2.37. The van der Waals surface area contributed by atoms with Crippen LogP contribution in [0.5, 0.6) is 0 Å². The van der Waals surface area contributed by atoms with Crippen molar-refractivity contribution in [1.82, 2.24) is 9.88 Å². The van der Waals surface area contributed by atoms with Gasteiger partial charge in [-0.3, -0.25) is 19.4 Å². The monoisotopic (exact) mass is 453 g/mol. The molecule has 0 radical (unpaired) electrons. The van der Waals surface area contributed by atoms with Crippen LogP contribution in [0.15, 0.2) is 36.5 Å². The Morgan fingerprint density at radius 2 is 1.87 bits per heavy atom. The molecule has 11 heteroatoms. The highest BCUT2D eigenvalue weighted by molar-refractivity contribution is 6.33. The van der Waals surface area contributed by atoms with Crippen LogP contribution in [0.1, 0.15) is 5.56 Å². The first-order valence-corrected chi connectivity index (χ1v) is 9.99. The molecular weight excluding hydrogens is 435 g/mol. The standard InChI is InChI=1S/C20H19ClF3N5O2/c21-14-9-13(20(22,23)24)10-25-19(14)28-7-5-27(6-8-28)12-18(31)29-11-17(30)26-15-3-1-2-4-16(15)29/h1-4,9-10H,5-8,11-12H2,(H,26,30). The third kappa shape index (κ3) is 4.59. The second kappa shape index (κ2) is 8.35. The average molecular weight is 454 g/mol. The van der Waals surface area contributed by atoms with E-state index in [-0.39, 0.29) is 29.9 Å². The number of pyridine rings is 1. The maximum Gasteiger partial charge on any atom is 0.417 e. The lowest BCUT2D eigenvalue weighted by molar-refractivity contribution is -0.137. The first-order valence-electron chi connectivity index (χ1n) is 9.61. The predicted octanol–water partition coefficient (Wildman–Crippen LogP) is 2.86. The molecule has 1 N–H and O–H groups in total. The minimum Gasteiger partial charge on any atom is -0.353 e. The molecule has 1 aromatic carbocycles. The fourth-order valence-corrected chi connectivity index (χ4v) is 3.95. The van der Waals surface area contributed by atoms with Crippen molar-refractivity contribution in [3.63, 3.8) is 0 Å². The molecule has 1 aromatic heterocycles. The first kappa shape index (κ1) is 21.4. The Kier molecular flexibility index (Phi) is 5.76. The van der Waals surface area contributed by atoms with E-state index in [9.17, 15) is 22.8 Å². The van der Waals surface area contributed by atoms with Crippen LogP contribution >= 0.6 is 11.6 Å². The number of benzene rings is 1. The molecule has 3 heterocycles. The predicted molar refractivity (Wildman–Crippen MR) is 110 cm³/mol. The highest BCUT2D eigenvalue weighted by atomic mass is 35.5. The van der Waals surface area contributed by atoms with Gasteiger partial charge < -0.3 is 10.2 Å². The number of alkyl halides is 3. The van der Waals surface area contributed by atoms with Gasteiger partial charge in [-0.2, -0.15) is 13.2 Å². The van der Waals surface area contributed by atoms with Crippen molar-refractivity contribution in [3.05, 3.63) is 47.1 Å². The van der Waals surface area contributed by atoms with Crippen molar-refractivity contribution in [2.45, 2.75) is 6.18 Å². The number of carbonyl (C=O) groups is 2. The molecule has 1 saturated heterocycles. The van der Waals surface area contributed by atoms with Crippen molar-refractivity contribution in [2.24, 2.45) is 0 Å². The van der Waals surface area contributed by atoms with Crippen LogP contribution in [0.2, 0.25) is 5.02 Å². The number of anilines is 3. The fraction of sp³-hybridized carbons (Fsp3) is 0.350. The number of amides is 2. The smallest absolute Gasteiger partial charge is 0.353 e. The zero-order valence-corrected chi connectivity index (χ0v) is 17.1. The molecule has 4 rings (SSSR count). The molecule has 31 heavy (non-hydrogen) atoms. The van der Waals surface area contributed by atoms with Crippen LogP contribution in [-0.4, -0.2) is 61.0 Å². The van der Waals surface area contributed by atoms with E-state index in [1.807, 2.05) is 4.90 Å². The highest BCUT2D eigenvalue weighted by Gasteiger charge is 2.33. The van der Waals surface area contributed by atoms with Gasteiger partial charge >= 0.3 is 6.18 Å². The molecule has 0 saturated carbocycles. The Labute approximate surface area is 181 Å². The molecule has 2 aliphatic heterocycles. The number of carbonyl (C=O) groups excluding carboxylic acids is 2. The topological polar surface area (TPSA) is 68.8 Å². The minimum absolute atomic E-state index is 0.0408. The SMILES string of the molecule is O=C1CN(C(=O)CN2CCN(c3ncc(C(F)(F)F)cc3Cl)CC2)c2ccccc2N1. The Hall–Kier alpha value is -2.85. The van der Waals surface area contributed by atoms with Gasteiger partial charge in [0.05, 0.1) is 28.5 Å². The van der Waals surface area contributed by atoms with Crippen molar-refractivity contribution < 1.29 is 22.8 Å². The molecule has 164 valence electrons. The Balaban J connectivity index is 1.38. The molecular formula is C20H19ClF3N5O2. The van der Waals surface area contributed by atoms with Gasteiger partial charge in [-0.05, 0) is 18.2 Å². The van der Waals surface area contributed by atoms with Gasteiger partial charge in [0.15, 0.2) is 0 Å². The van der Waals surface area contributed by atoms with Gasteiger partial charge in [0.25, 0.3) is 0 Å². The number of hydrogen-bond donors (Lipinski definition) is 1. The third-order valence-corrected chi connectivity index (χ3v) is 5.53. The van der Waals surface area contributed by atoms with Gasteiger partial charge in [0, 0.05) is 32.4 Å². The van der Waals surface area contributed by atoms with Crippen LogP contribution in [-0.2, 0) is 15.8 Å². The van der Waals surface area contributed by atoms with Crippen LogP contribution in [0.3, 0.4) is 0 Å². The summed E-state index contributed by atoms with van der Waals surface area (Å²) in [5.41, 5.74) is 0.364. The van der Waals surface area contributed by atoms with Crippen molar-refractivity contribution in [2.75, 3.05) is 54.4 Å². The summed E-state index contributed by atoms with van der Waals surface area (Å²) in [5.74, 6) is -0.149. The first-order chi connectivity index (χ1) is 14.7. The minimum atomic E-state index is -4.50. The van der Waals surface area contributed by atoms with Crippen molar-refractivity contribution >= 4 is 40.6 Å². The number of piperazine rings is 1. The van der Waals surface area contributed by atoms with E-state index in [1.165, 1.54) is 4.90 Å². The van der Waals surface area contributed by atoms with Crippen molar-refractivity contribution in [3.8, 4) is 0 Å². The number of hydrogen-bond acceptors (Lipinski definition) is 5. The van der Waals surface area contributed by atoms with Gasteiger partial charge in [0.1, 0.15) is 12.4 Å². The Bertz CT molecular complexity index is 1010. The molecule has 0 spiro atoms. The average Bonchev–Trinajstić information content (AvgIpc) is 2.73. The van der Waals surface area contributed by atoms with Crippen LogP contribution < -0.4 is 15.1 Å². The molecule has 0 bridgehead atoms. The van der Waals surface area contributed by atoms with Gasteiger partial charge in [0.2, 0.25) is 11.8 Å². The lowest BCUT2D eigenvalue weighted by Crippen LogP contribution is -2.52. The van der Waals surface area contributed by atoms with E-state index in [2.05, 4.69) is 10.3 Å². The van der Waals surface area contributed by atoms with Gasteiger partial charge in [-0.25, -0.2) is 4.98 Å². The summed E-state index contributed by atoms with van der Waals surface area (Å²) in [6, 6.07) is 7.98. The quantitative estimate of drug-likeness (QED) is 0.774. The Morgan fingerprint density at radius 3 is 2.55 bits per heavy atom. The summed E-state index contributed by atoms with van der Waals surface area (Å²) in [5, 5.41) is 2.69. The summed E-state index contributed by atoms with van der Waals surface area (Å²) in [6.45, 7) is 2.02. The zero-order valence-electron chi connectivity index (χ0n) is 16.3. The van der Waals surface area contributed by atoms with Crippen LogP contribution in [0.25, 0.3) is 0 Å². The zero-order chi connectivity index (χ0) is 22.2. The molecule has 0 atom stereocenters. The third-order valence-electron chi connectivity index (χ3n) is 5.25. The number of para-hydroxylation sites is 2.